The first-order chi connectivity index (χ1) is 15.7. The average molecular weight is 438 g/mol. The molecule has 6 aromatic rings. The van der Waals surface area contributed by atoms with Crippen LogP contribution >= 0.6 is 11.3 Å². The molecule has 0 fully saturated rings. The molecular formula is C22H14N8OS. The van der Waals surface area contributed by atoms with Crippen LogP contribution in [0.2, 0.25) is 0 Å². The lowest BCUT2D eigenvalue weighted by molar-refractivity contribution is 0.102. The van der Waals surface area contributed by atoms with Gasteiger partial charge in [0.05, 0.1) is 38.9 Å². The van der Waals surface area contributed by atoms with E-state index in [0.29, 0.717) is 27.8 Å². The van der Waals surface area contributed by atoms with Gasteiger partial charge in [-0.25, -0.2) is 4.98 Å². The zero-order valence-electron chi connectivity index (χ0n) is 16.7. The van der Waals surface area contributed by atoms with Crippen LogP contribution in [0.5, 0.6) is 0 Å². The number of carbonyl (C=O) groups excluding carboxylic acids is 1. The van der Waals surface area contributed by atoms with Crippen LogP contribution in [-0.2, 0) is 0 Å². The van der Waals surface area contributed by atoms with Crippen LogP contribution in [0.4, 0.5) is 0 Å². The summed E-state index contributed by atoms with van der Waals surface area (Å²) in [7, 11) is 0. The number of aromatic nitrogens is 8. The first kappa shape index (κ1) is 18.5. The average Bonchev–Trinajstić information content (AvgIpc) is 3.56. The molecule has 0 atom stereocenters. The number of carbonyl (C=O) groups is 1. The number of hydrogen-bond donors (Lipinski definition) is 2. The molecule has 0 aromatic carbocycles. The predicted octanol–water partition coefficient (Wildman–Crippen LogP) is 4.28. The van der Waals surface area contributed by atoms with E-state index >= 15 is 0 Å². The molecule has 0 aliphatic heterocycles. The Labute approximate surface area is 184 Å². The summed E-state index contributed by atoms with van der Waals surface area (Å²) in [4.78, 5) is 38.9. The Bertz CT molecular complexity index is 1620. The number of aromatic amines is 2. The van der Waals surface area contributed by atoms with Gasteiger partial charge >= 0.3 is 0 Å². The van der Waals surface area contributed by atoms with E-state index in [2.05, 4.69) is 35.1 Å². The molecule has 2 N–H and O–H groups in total. The second-order valence-corrected chi connectivity index (χ2v) is 8.22. The molecule has 0 saturated heterocycles. The van der Waals surface area contributed by atoms with Crippen LogP contribution in [0.25, 0.3) is 55.4 Å². The number of Topliss-reactive ketones (excluding diaryl/α,β-unsaturated/α-hetero) is 1. The van der Waals surface area contributed by atoms with Crippen molar-refractivity contribution in [3.8, 4) is 33.5 Å². The number of nitrogens with zero attached hydrogens (tertiary/aromatic N) is 6. The largest absolute Gasteiger partial charge is 0.336 e. The summed E-state index contributed by atoms with van der Waals surface area (Å²) in [6, 6.07) is 7.51. The number of hydrogen-bond acceptors (Lipinski definition) is 8. The molecule has 9 nitrogen and oxygen atoms in total. The Morgan fingerprint density at radius 3 is 2.69 bits per heavy atom. The summed E-state index contributed by atoms with van der Waals surface area (Å²) in [5, 5.41) is 8.35. The fourth-order valence-corrected chi connectivity index (χ4v) is 4.45. The molecule has 32 heavy (non-hydrogen) atoms. The van der Waals surface area contributed by atoms with Gasteiger partial charge in [0.2, 0.25) is 0 Å². The molecule has 0 aliphatic carbocycles. The molecule has 0 radical (unpaired) electrons. The van der Waals surface area contributed by atoms with Crippen molar-refractivity contribution in [1.29, 1.82) is 0 Å². The third-order valence-electron chi connectivity index (χ3n) is 5.08. The summed E-state index contributed by atoms with van der Waals surface area (Å²) in [5.41, 5.74) is 5.12. The number of imidazole rings is 1. The molecule has 0 aliphatic rings. The quantitative estimate of drug-likeness (QED) is 0.393. The van der Waals surface area contributed by atoms with Crippen molar-refractivity contribution < 1.29 is 4.79 Å². The Balaban J connectivity index is 1.49. The number of thiophene rings is 1. The van der Waals surface area contributed by atoms with Crippen molar-refractivity contribution in [2.75, 3.05) is 0 Å². The van der Waals surface area contributed by atoms with Crippen molar-refractivity contribution in [2.45, 2.75) is 6.92 Å². The van der Waals surface area contributed by atoms with Crippen LogP contribution in [0.3, 0.4) is 0 Å². The topological polar surface area (TPSA) is 126 Å². The van der Waals surface area contributed by atoms with Crippen molar-refractivity contribution in [3.05, 3.63) is 60.1 Å². The van der Waals surface area contributed by atoms with Crippen LogP contribution in [0, 0.1) is 0 Å². The van der Waals surface area contributed by atoms with Gasteiger partial charge in [-0.05, 0) is 31.2 Å². The SMILES string of the molecule is CC(=O)c1ccc(-c2nccc3[nH]c(-c4n[nH]c5cnc(-c6cnccn6)cc45)nc23)s1. The van der Waals surface area contributed by atoms with Crippen molar-refractivity contribution in [3.63, 3.8) is 0 Å². The van der Waals surface area contributed by atoms with Gasteiger partial charge in [0.15, 0.2) is 11.6 Å². The first-order valence-electron chi connectivity index (χ1n) is 9.74. The standard InChI is InChI=1S/C22H14N8OS/c1-11(31)17-2-3-18(32-17)21-20-13(4-5-25-21)27-22(28-20)19-12-8-14(16-9-23-6-7-24-16)26-10-15(12)29-30-19/h2-10H,1H3,(H,27,28)(H,29,30). The predicted molar refractivity (Wildman–Crippen MR) is 121 cm³/mol. The summed E-state index contributed by atoms with van der Waals surface area (Å²) in [5.74, 6) is 0.645. The van der Waals surface area contributed by atoms with E-state index in [9.17, 15) is 4.79 Å². The fraction of sp³-hybridized carbons (Fsp3) is 0.0455. The molecule has 154 valence electrons. The maximum absolute atomic E-state index is 11.7. The van der Waals surface area contributed by atoms with E-state index in [0.717, 1.165) is 32.5 Å². The lowest BCUT2D eigenvalue weighted by atomic mass is 10.2. The molecule has 0 unspecified atom stereocenters. The molecule has 0 bridgehead atoms. The zero-order valence-corrected chi connectivity index (χ0v) is 17.5. The maximum Gasteiger partial charge on any atom is 0.169 e. The number of fused-ring (bicyclic) bond motifs is 2. The lowest BCUT2D eigenvalue weighted by Crippen LogP contribution is -1.88. The molecule has 6 aromatic heterocycles. The normalized spacial score (nSPS) is 11.4. The lowest BCUT2D eigenvalue weighted by Gasteiger charge is -1.99. The minimum atomic E-state index is 0.0339. The second-order valence-electron chi connectivity index (χ2n) is 7.14. The fourth-order valence-electron chi connectivity index (χ4n) is 3.55. The third-order valence-corrected chi connectivity index (χ3v) is 6.28. The Kier molecular flexibility index (Phi) is 4.12. The second kappa shape index (κ2) is 7.13. The minimum Gasteiger partial charge on any atom is -0.336 e. The summed E-state index contributed by atoms with van der Waals surface area (Å²) >= 11 is 1.41. The van der Waals surface area contributed by atoms with Gasteiger partial charge in [-0.3, -0.25) is 29.8 Å². The number of nitrogens with one attached hydrogen (secondary N) is 2. The van der Waals surface area contributed by atoms with Gasteiger partial charge in [0.25, 0.3) is 0 Å². The van der Waals surface area contributed by atoms with Crippen LogP contribution < -0.4 is 0 Å². The highest BCUT2D eigenvalue weighted by molar-refractivity contribution is 7.17. The minimum absolute atomic E-state index is 0.0339. The van der Waals surface area contributed by atoms with E-state index < -0.39 is 0 Å². The maximum atomic E-state index is 11.7. The van der Waals surface area contributed by atoms with E-state index in [1.54, 1.807) is 37.9 Å². The number of rotatable bonds is 4. The third kappa shape index (κ3) is 2.96. The van der Waals surface area contributed by atoms with E-state index in [4.69, 9.17) is 4.98 Å². The number of ketones is 1. The monoisotopic (exact) mass is 438 g/mol. The summed E-state index contributed by atoms with van der Waals surface area (Å²) in [6.07, 6.45) is 8.38. The molecular weight excluding hydrogens is 424 g/mol. The van der Waals surface area contributed by atoms with E-state index in [1.807, 2.05) is 24.3 Å². The van der Waals surface area contributed by atoms with E-state index in [-0.39, 0.29) is 5.78 Å². The molecule has 0 saturated carbocycles. The smallest absolute Gasteiger partial charge is 0.169 e. The molecule has 10 heteroatoms. The van der Waals surface area contributed by atoms with Crippen LogP contribution in [0.15, 0.2) is 55.2 Å². The summed E-state index contributed by atoms with van der Waals surface area (Å²) in [6.45, 7) is 1.56. The zero-order chi connectivity index (χ0) is 21.7. The first-order valence-corrected chi connectivity index (χ1v) is 10.6. The Morgan fingerprint density at radius 2 is 1.88 bits per heavy atom. The Hall–Kier alpha value is -4.31. The van der Waals surface area contributed by atoms with Gasteiger partial charge in [-0.15, -0.1) is 11.3 Å². The van der Waals surface area contributed by atoms with Gasteiger partial charge in [-0.2, -0.15) is 5.10 Å². The Morgan fingerprint density at radius 1 is 0.938 bits per heavy atom. The number of H-pyrrole nitrogens is 2. The molecule has 0 spiro atoms. The van der Waals surface area contributed by atoms with Crippen molar-refractivity contribution in [2.24, 2.45) is 0 Å². The highest BCUT2D eigenvalue weighted by Gasteiger charge is 2.18. The van der Waals surface area contributed by atoms with Crippen molar-refractivity contribution in [1.82, 2.24) is 40.1 Å². The van der Waals surface area contributed by atoms with Crippen LogP contribution in [0.1, 0.15) is 16.6 Å². The summed E-state index contributed by atoms with van der Waals surface area (Å²) < 4.78 is 0. The van der Waals surface area contributed by atoms with Crippen LogP contribution in [-0.4, -0.2) is 45.9 Å². The van der Waals surface area contributed by atoms with Gasteiger partial charge in [0.1, 0.15) is 22.6 Å². The molecule has 6 heterocycles. The molecule has 0 amide bonds. The number of pyridine rings is 2. The molecule has 6 rings (SSSR count). The van der Waals surface area contributed by atoms with Gasteiger partial charge < -0.3 is 4.98 Å². The van der Waals surface area contributed by atoms with Gasteiger partial charge in [0, 0.05) is 24.0 Å². The van der Waals surface area contributed by atoms with Gasteiger partial charge in [-0.1, -0.05) is 0 Å². The van der Waals surface area contributed by atoms with Crippen molar-refractivity contribution >= 4 is 39.1 Å². The van der Waals surface area contributed by atoms with E-state index in [1.165, 1.54) is 11.3 Å². The highest BCUT2D eigenvalue weighted by atomic mass is 32.1. The highest BCUT2D eigenvalue weighted by Crippen LogP contribution is 2.34.